The highest BCUT2D eigenvalue weighted by atomic mass is 15.2. The third kappa shape index (κ3) is 0.988. The Kier molecular flexibility index (Phi) is 1.34. The molecule has 1 aromatic rings. The summed E-state index contributed by atoms with van der Waals surface area (Å²) in [7, 11) is 1.89. The Morgan fingerprint density at radius 1 is 1.78 bits per heavy atom. The molecule has 0 saturated heterocycles. The monoisotopic (exact) mass is 123 g/mol. The van der Waals surface area contributed by atoms with E-state index in [1.807, 2.05) is 18.5 Å². The zero-order valence-electron chi connectivity index (χ0n) is 5.63. The largest absolute Gasteiger partial charge is 0.317 e. The summed E-state index contributed by atoms with van der Waals surface area (Å²) >= 11 is 0. The average molecular weight is 123 g/mol. The highest BCUT2D eigenvalue weighted by Gasteiger charge is 1.97. The van der Waals surface area contributed by atoms with Crippen LogP contribution in [0.25, 0.3) is 5.57 Å². The van der Waals surface area contributed by atoms with Crippen molar-refractivity contribution in [2.45, 2.75) is 6.92 Å². The molecular weight excluding hydrogens is 114 g/mol. The van der Waals surface area contributed by atoms with Crippen LogP contribution in [0.3, 0.4) is 0 Å². The van der Waals surface area contributed by atoms with E-state index in [-0.39, 0.29) is 0 Å². The van der Waals surface area contributed by atoms with Gasteiger partial charge in [0.05, 0.1) is 0 Å². The van der Waals surface area contributed by atoms with Crippen LogP contribution in [0.2, 0.25) is 0 Å². The molecule has 0 spiro atoms. The lowest BCUT2D eigenvalue weighted by molar-refractivity contribution is 0.888. The van der Waals surface area contributed by atoms with E-state index < -0.39 is 0 Å². The molecule has 0 radical (unpaired) electrons. The minimum absolute atomic E-state index is 0.843. The maximum Gasteiger partial charge on any atom is 0.158 e. The normalized spacial score (nSPS) is 9.56. The number of aromatic nitrogens is 3. The van der Waals surface area contributed by atoms with Gasteiger partial charge in [0.2, 0.25) is 0 Å². The van der Waals surface area contributed by atoms with Crippen molar-refractivity contribution in [3.63, 3.8) is 0 Å². The number of hydrogen-bond donors (Lipinski definition) is 0. The fourth-order valence-corrected chi connectivity index (χ4v) is 0.670. The lowest BCUT2D eigenvalue weighted by Crippen LogP contribution is -1.92. The Morgan fingerprint density at radius 3 is 2.67 bits per heavy atom. The van der Waals surface area contributed by atoms with Crippen molar-refractivity contribution in [2.75, 3.05) is 0 Å². The second kappa shape index (κ2) is 2.01. The number of aryl methyl sites for hydroxylation is 1. The summed E-state index contributed by atoms with van der Waals surface area (Å²) in [6.45, 7) is 5.64. The lowest BCUT2D eigenvalue weighted by Gasteiger charge is -1.94. The predicted octanol–water partition coefficient (Wildman–Crippen LogP) is 0.848. The van der Waals surface area contributed by atoms with Crippen LogP contribution in [-0.2, 0) is 7.05 Å². The molecular formula is C6H9N3. The van der Waals surface area contributed by atoms with Crippen LogP contribution in [0.5, 0.6) is 0 Å². The van der Waals surface area contributed by atoms with Gasteiger partial charge in [-0.25, -0.2) is 0 Å². The molecule has 0 amide bonds. The van der Waals surface area contributed by atoms with E-state index in [1.165, 1.54) is 0 Å². The third-order valence-electron chi connectivity index (χ3n) is 1.09. The summed E-state index contributed by atoms with van der Waals surface area (Å²) < 4.78 is 1.84. The Balaban J connectivity index is 3.08. The van der Waals surface area contributed by atoms with E-state index in [0.717, 1.165) is 11.4 Å². The van der Waals surface area contributed by atoms with Crippen molar-refractivity contribution in [1.29, 1.82) is 0 Å². The van der Waals surface area contributed by atoms with E-state index in [1.54, 1.807) is 6.33 Å². The molecule has 1 heterocycles. The van der Waals surface area contributed by atoms with Gasteiger partial charge in [-0.3, -0.25) is 0 Å². The van der Waals surface area contributed by atoms with Gasteiger partial charge in [-0.1, -0.05) is 6.58 Å². The van der Waals surface area contributed by atoms with Crippen molar-refractivity contribution in [2.24, 2.45) is 7.05 Å². The summed E-state index contributed by atoms with van der Waals surface area (Å²) in [5, 5.41) is 7.52. The zero-order chi connectivity index (χ0) is 6.85. The molecule has 0 saturated carbocycles. The van der Waals surface area contributed by atoms with Crippen LogP contribution in [0.15, 0.2) is 12.9 Å². The first-order valence-electron chi connectivity index (χ1n) is 2.71. The molecule has 1 rings (SSSR count). The standard InChI is InChI=1S/C6H9N3/c1-5(2)6-8-7-4-9(6)3/h4H,1H2,2-3H3. The number of nitrogens with zero attached hydrogens (tertiary/aromatic N) is 3. The molecule has 0 unspecified atom stereocenters. The summed E-state index contributed by atoms with van der Waals surface area (Å²) in [6.07, 6.45) is 1.66. The van der Waals surface area contributed by atoms with Gasteiger partial charge in [-0.05, 0) is 12.5 Å². The third-order valence-corrected chi connectivity index (χ3v) is 1.09. The molecule has 48 valence electrons. The smallest absolute Gasteiger partial charge is 0.158 e. The summed E-state index contributed by atoms with van der Waals surface area (Å²) in [6, 6.07) is 0. The quantitative estimate of drug-likeness (QED) is 0.554. The zero-order valence-corrected chi connectivity index (χ0v) is 5.63. The van der Waals surface area contributed by atoms with Crippen molar-refractivity contribution in [1.82, 2.24) is 14.8 Å². The first-order valence-corrected chi connectivity index (χ1v) is 2.71. The average Bonchev–Trinajstić information content (AvgIpc) is 2.13. The fraction of sp³-hybridized carbons (Fsp3) is 0.333. The lowest BCUT2D eigenvalue weighted by atomic mass is 10.3. The second-order valence-corrected chi connectivity index (χ2v) is 2.05. The van der Waals surface area contributed by atoms with Crippen LogP contribution < -0.4 is 0 Å². The van der Waals surface area contributed by atoms with Gasteiger partial charge in [0, 0.05) is 7.05 Å². The molecule has 0 fully saturated rings. The fourth-order valence-electron chi connectivity index (χ4n) is 0.670. The van der Waals surface area contributed by atoms with Crippen LogP contribution in [-0.4, -0.2) is 14.8 Å². The van der Waals surface area contributed by atoms with E-state index >= 15 is 0 Å². The molecule has 0 aliphatic carbocycles. The Labute approximate surface area is 54.0 Å². The highest BCUT2D eigenvalue weighted by Crippen LogP contribution is 2.03. The van der Waals surface area contributed by atoms with Gasteiger partial charge >= 0.3 is 0 Å². The van der Waals surface area contributed by atoms with Gasteiger partial charge in [-0.15, -0.1) is 10.2 Å². The molecule has 9 heavy (non-hydrogen) atoms. The van der Waals surface area contributed by atoms with Crippen LogP contribution in [0, 0.1) is 0 Å². The SMILES string of the molecule is C=C(C)c1nncn1C. The Morgan fingerprint density at radius 2 is 2.44 bits per heavy atom. The van der Waals surface area contributed by atoms with Gasteiger partial charge in [0.1, 0.15) is 6.33 Å². The molecule has 0 atom stereocenters. The molecule has 0 aliphatic rings. The molecule has 0 aromatic carbocycles. The van der Waals surface area contributed by atoms with E-state index in [9.17, 15) is 0 Å². The minimum Gasteiger partial charge on any atom is -0.317 e. The molecule has 3 heteroatoms. The van der Waals surface area contributed by atoms with Crippen molar-refractivity contribution < 1.29 is 0 Å². The first-order chi connectivity index (χ1) is 4.22. The minimum atomic E-state index is 0.843. The van der Waals surface area contributed by atoms with Gasteiger partial charge in [0.15, 0.2) is 5.82 Å². The molecule has 0 bridgehead atoms. The number of hydrogen-bond acceptors (Lipinski definition) is 2. The highest BCUT2D eigenvalue weighted by molar-refractivity contribution is 5.53. The molecule has 3 nitrogen and oxygen atoms in total. The summed E-state index contributed by atoms with van der Waals surface area (Å²) in [4.78, 5) is 0. The topological polar surface area (TPSA) is 30.7 Å². The van der Waals surface area contributed by atoms with E-state index in [4.69, 9.17) is 0 Å². The molecule has 0 aliphatic heterocycles. The van der Waals surface area contributed by atoms with Gasteiger partial charge in [-0.2, -0.15) is 0 Å². The van der Waals surface area contributed by atoms with Crippen molar-refractivity contribution in [3.05, 3.63) is 18.7 Å². The maximum atomic E-state index is 3.83. The maximum absolute atomic E-state index is 3.83. The first kappa shape index (κ1) is 6.01. The van der Waals surface area contributed by atoms with E-state index in [2.05, 4.69) is 16.8 Å². The van der Waals surface area contributed by atoms with E-state index in [0.29, 0.717) is 0 Å². The predicted molar refractivity (Wildman–Crippen MR) is 35.7 cm³/mol. The van der Waals surface area contributed by atoms with Crippen LogP contribution in [0.4, 0.5) is 0 Å². The summed E-state index contributed by atoms with van der Waals surface area (Å²) in [5.41, 5.74) is 0.940. The van der Waals surface area contributed by atoms with Crippen molar-refractivity contribution >= 4 is 5.57 Å². The van der Waals surface area contributed by atoms with Gasteiger partial charge < -0.3 is 4.57 Å². The number of rotatable bonds is 1. The second-order valence-electron chi connectivity index (χ2n) is 2.05. The Bertz CT molecular complexity index is 224. The Hall–Kier alpha value is -1.12. The van der Waals surface area contributed by atoms with Crippen LogP contribution in [0.1, 0.15) is 12.7 Å². The number of allylic oxidation sites excluding steroid dienone is 1. The van der Waals surface area contributed by atoms with Crippen molar-refractivity contribution in [3.8, 4) is 0 Å². The molecule has 0 N–H and O–H groups in total. The summed E-state index contributed by atoms with van der Waals surface area (Å²) in [5.74, 6) is 0.843. The van der Waals surface area contributed by atoms with Crippen LogP contribution >= 0.6 is 0 Å². The molecule has 1 aromatic heterocycles. The van der Waals surface area contributed by atoms with Gasteiger partial charge in [0.25, 0.3) is 0 Å².